The summed E-state index contributed by atoms with van der Waals surface area (Å²) in [6.07, 6.45) is 21.6. The normalized spacial score (nSPS) is 18.7. The Hall–Kier alpha value is 1.39. The van der Waals surface area contributed by atoms with Gasteiger partial charge < -0.3 is 0 Å². The van der Waals surface area contributed by atoms with Crippen molar-refractivity contribution in [3.05, 3.63) is 31.4 Å². The minimum atomic E-state index is -2.56. The fourth-order valence-electron chi connectivity index (χ4n) is 6.89. The first-order valence-corrected chi connectivity index (χ1v) is 32.6. The Morgan fingerprint density at radius 1 is 0.667 bits per heavy atom. The first kappa shape index (κ1) is 33.6. The molecular formula is C32H60S2Sn2. The van der Waals surface area contributed by atoms with Gasteiger partial charge in [-0.05, 0) is 0 Å². The van der Waals surface area contributed by atoms with Gasteiger partial charge in [-0.25, -0.2) is 0 Å². The van der Waals surface area contributed by atoms with Crippen LogP contribution in [0.5, 0.6) is 0 Å². The average molecular weight is 746 g/mol. The molecule has 0 amide bonds. The molecule has 0 radical (unpaired) electrons. The Kier molecular flexibility index (Phi) is 16.7. The van der Waals surface area contributed by atoms with Gasteiger partial charge in [0.15, 0.2) is 0 Å². The van der Waals surface area contributed by atoms with Crippen LogP contribution < -0.4 is 0 Å². The number of unbranched alkanes of at least 4 members (excludes halogenated alkanes) is 6. The number of hydrogen-bond acceptors (Lipinski definition) is 2. The van der Waals surface area contributed by atoms with Crippen molar-refractivity contribution in [2.75, 3.05) is 0 Å². The van der Waals surface area contributed by atoms with Crippen LogP contribution >= 0.6 is 23.1 Å². The Labute approximate surface area is 243 Å². The van der Waals surface area contributed by atoms with E-state index in [0.29, 0.717) is 2.76 Å². The fourth-order valence-corrected chi connectivity index (χ4v) is 56.2. The third kappa shape index (κ3) is 8.45. The molecule has 208 valence electrons. The third-order valence-corrected chi connectivity index (χ3v) is 51.8. The van der Waals surface area contributed by atoms with Gasteiger partial charge in [0, 0.05) is 0 Å². The van der Waals surface area contributed by atoms with Crippen LogP contribution in [0, 0.1) is 0 Å². The fraction of sp³-hybridized carbons (Fsp3) is 0.812. The zero-order valence-electron chi connectivity index (χ0n) is 25.1. The van der Waals surface area contributed by atoms with E-state index >= 15 is 0 Å². The van der Waals surface area contributed by atoms with Crippen LogP contribution in [0.4, 0.5) is 0 Å². The van der Waals surface area contributed by atoms with Gasteiger partial charge in [-0.15, -0.1) is 0 Å². The molecule has 0 N–H and O–H groups in total. The van der Waals surface area contributed by atoms with Crippen molar-refractivity contribution < 1.29 is 0 Å². The predicted molar refractivity (Wildman–Crippen MR) is 176 cm³/mol. The molecule has 0 saturated heterocycles. The van der Waals surface area contributed by atoms with Gasteiger partial charge in [0.05, 0.1) is 0 Å². The van der Waals surface area contributed by atoms with Gasteiger partial charge in [-0.1, -0.05) is 0 Å². The molecule has 1 atom stereocenters. The molecule has 1 aromatic heterocycles. The van der Waals surface area contributed by atoms with Crippen LogP contribution in [0.2, 0.25) is 26.6 Å². The van der Waals surface area contributed by atoms with Gasteiger partial charge in [0.25, 0.3) is 0 Å². The van der Waals surface area contributed by atoms with E-state index in [4.69, 9.17) is 0 Å². The van der Waals surface area contributed by atoms with Crippen LogP contribution in [0.25, 0.3) is 0 Å². The van der Waals surface area contributed by atoms with E-state index in [2.05, 4.69) is 91.2 Å². The van der Waals surface area contributed by atoms with E-state index in [1.54, 1.807) is 31.5 Å². The summed E-state index contributed by atoms with van der Waals surface area (Å²) in [5, 5.41) is 2.41. The molecule has 0 spiro atoms. The summed E-state index contributed by atoms with van der Waals surface area (Å²) < 4.78 is 12.4. The van der Waals surface area contributed by atoms with Crippen LogP contribution in [-0.2, 0) is 2.76 Å². The molecule has 36 heavy (non-hydrogen) atoms. The van der Waals surface area contributed by atoms with Crippen molar-refractivity contribution in [1.29, 1.82) is 0 Å². The van der Waals surface area contributed by atoms with Gasteiger partial charge in [-0.3, -0.25) is 0 Å². The zero-order valence-corrected chi connectivity index (χ0v) is 32.4. The van der Waals surface area contributed by atoms with E-state index in [1.165, 1.54) is 83.5 Å². The Balaban J connectivity index is 2.60. The second-order valence-corrected chi connectivity index (χ2v) is 43.4. The molecule has 2 rings (SSSR count). The third-order valence-electron chi connectivity index (χ3n) is 9.21. The molecule has 1 aromatic rings. The SMILES string of the molecule is CCC[CH2][Sn]([CH2]CCC)([CH2]CCC)[C]1=CC[C](c2cccs2)([Sn]([CH2]CCC)([CH2]CCC)[CH2]CCC)S1. The Morgan fingerprint density at radius 2 is 1.11 bits per heavy atom. The van der Waals surface area contributed by atoms with E-state index in [-0.39, 0.29) is 0 Å². The van der Waals surface area contributed by atoms with Gasteiger partial charge >= 0.3 is 246 Å². The molecule has 0 nitrogen and oxygen atoms in total. The minimum absolute atomic E-state index is 0.504. The van der Waals surface area contributed by atoms with Crippen molar-refractivity contribution in [1.82, 2.24) is 0 Å². The summed E-state index contributed by atoms with van der Waals surface area (Å²) >= 11 is -0.233. The van der Waals surface area contributed by atoms with Crippen molar-refractivity contribution in [3.63, 3.8) is 0 Å². The van der Waals surface area contributed by atoms with Crippen LogP contribution in [-0.4, -0.2) is 36.8 Å². The molecule has 0 fully saturated rings. The number of allylic oxidation sites excluding steroid dienone is 1. The molecule has 1 aliphatic heterocycles. The van der Waals surface area contributed by atoms with Crippen molar-refractivity contribution in [2.45, 2.75) is 154 Å². The topological polar surface area (TPSA) is 0 Å². The molecule has 0 aliphatic carbocycles. The van der Waals surface area contributed by atoms with Gasteiger partial charge in [0.1, 0.15) is 0 Å². The standard InChI is InChI=1S/C8H6S2.6C4H9.2Sn/c1-3-7(9-5-1)8-4-2-6-10-8;6*1-3-4-2;;/h1-3,5H,4H2;6*1,3-4H2,2H3;;. The first-order valence-electron chi connectivity index (χ1n) is 16.0. The van der Waals surface area contributed by atoms with Crippen LogP contribution in [0.1, 0.15) is 130 Å². The first-order chi connectivity index (χ1) is 17.5. The van der Waals surface area contributed by atoms with Gasteiger partial charge in [-0.2, -0.15) is 0 Å². The Bertz CT molecular complexity index is 683. The quantitative estimate of drug-likeness (QED) is 0.113. The van der Waals surface area contributed by atoms with Crippen molar-refractivity contribution in [2.24, 2.45) is 0 Å². The van der Waals surface area contributed by atoms with Crippen molar-refractivity contribution >= 4 is 59.9 Å². The number of thiophene rings is 1. The summed E-state index contributed by atoms with van der Waals surface area (Å²) in [5.41, 5.74) is 0. The molecule has 1 unspecified atom stereocenters. The van der Waals surface area contributed by atoms with Crippen molar-refractivity contribution in [3.8, 4) is 0 Å². The molecular weight excluding hydrogens is 686 g/mol. The monoisotopic (exact) mass is 748 g/mol. The second kappa shape index (κ2) is 17.9. The maximum absolute atomic E-state index is 2.94. The average Bonchev–Trinajstić information content (AvgIpc) is 3.60. The summed E-state index contributed by atoms with van der Waals surface area (Å²) in [7, 11) is 0. The second-order valence-electron chi connectivity index (χ2n) is 11.9. The zero-order chi connectivity index (χ0) is 26.3. The predicted octanol–water partition coefficient (Wildman–Crippen LogP) is 12.7. The molecule has 0 bridgehead atoms. The number of rotatable bonds is 21. The van der Waals surface area contributed by atoms with E-state index in [9.17, 15) is 0 Å². The number of thioether (sulfide) groups is 1. The Morgan fingerprint density at radius 3 is 1.50 bits per heavy atom. The van der Waals surface area contributed by atoms with E-state index < -0.39 is 36.8 Å². The van der Waals surface area contributed by atoms with Crippen LogP contribution in [0.15, 0.2) is 26.5 Å². The van der Waals surface area contributed by atoms with E-state index in [1.807, 2.05) is 0 Å². The molecule has 4 heteroatoms. The maximum atomic E-state index is 2.94. The molecule has 0 saturated carbocycles. The number of hydrogen-bond donors (Lipinski definition) is 0. The summed E-state index contributed by atoms with van der Waals surface area (Å²) in [6.45, 7) is 14.6. The van der Waals surface area contributed by atoms with Crippen LogP contribution in [0.3, 0.4) is 0 Å². The molecule has 0 aromatic carbocycles. The summed E-state index contributed by atoms with van der Waals surface area (Å²) in [6, 6.07) is 4.98. The van der Waals surface area contributed by atoms with Gasteiger partial charge in [0.2, 0.25) is 0 Å². The molecule has 2 heterocycles. The molecule has 1 aliphatic rings. The summed E-state index contributed by atoms with van der Waals surface area (Å²) in [5.74, 6) is 0. The summed E-state index contributed by atoms with van der Waals surface area (Å²) in [4.78, 5) is 1.81. The van der Waals surface area contributed by atoms with E-state index in [0.717, 1.165) is 0 Å².